The third-order valence-corrected chi connectivity index (χ3v) is 2.75. The number of nitrogens with zero attached hydrogens (tertiary/aromatic N) is 1. The zero-order valence-corrected chi connectivity index (χ0v) is 12.6. The number of amides is 2. The number of methoxy groups -OCH3 is 2. The molecule has 2 amide bonds. The van der Waals surface area contributed by atoms with E-state index in [0.717, 1.165) is 6.42 Å². The number of ether oxygens (including phenoxy) is 2. The van der Waals surface area contributed by atoms with Crippen molar-refractivity contribution in [3.63, 3.8) is 0 Å². The molecule has 0 radical (unpaired) electrons. The molecule has 0 bridgehead atoms. The predicted molar refractivity (Wildman–Crippen MR) is 74.8 cm³/mol. The third-order valence-electron chi connectivity index (χ3n) is 2.75. The molecular weight excluding hydrogens is 264 g/mol. The van der Waals surface area contributed by atoms with Gasteiger partial charge in [-0.15, -0.1) is 0 Å². The van der Waals surface area contributed by atoms with Gasteiger partial charge in [-0.2, -0.15) is 0 Å². The molecule has 0 saturated carbocycles. The molecule has 0 aromatic rings. The van der Waals surface area contributed by atoms with Gasteiger partial charge in [0.25, 0.3) is 0 Å². The van der Waals surface area contributed by atoms with Crippen molar-refractivity contribution in [2.24, 2.45) is 5.92 Å². The molecule has 0 rings (SSSR count). The maximum absolute atomic E-state index is 12.0. The number of hydrogen-bond acceptors (Lipinski definition) is 4. The van der Waals surface area contributed by atoms with Crippen LogP contribution in [0.3, 0.4) is 0 Å². The lowest BCUT2D eigenvalue weighted by molar-refractivity contribution is -0.137. The van der Waals surface area contributed by atoms with Gasteiger partial charge in [0, 0.05) is 46.9 Å². The molecule has 0 aliphatic carbocycles. The molecule has 0 aliphatic heterocycles. The Hall–Kier alpha value is -1.34. The highest BCUT2D eigenvalue weighted by Crippen LogP contribution is 2.01. The van der Waals surface area contributed by atoms with Crippen LogP contribution in [-0.4, -0.2) is 69.1 Å². The number of carboxylic acids is 1. The fourth-order valence-corrected chi connectivity index (χ4v) is 1.66. The van der Waals surface area contributed by atoms with E-state index in [2.05, 4.69) is 5.32 Å². The van der Waals surface area contributed by atoms with E-state index in [-0.39, 0.29) is 18.4 Å². The van der Waals surface area contributed by atoms with E-state index in [1.807, 2.05) is 0 Å². The highest BCUT2D eigenvalue weighted by atomic mass is 16.5. The molecule has 0 fully saturated rings. The van der Waals surface area contributed by atoms with E-state index in [4.69, 9.17) is 14.6 Å². The molecule has 0 aromatic heterocycles. The average molecular weight is 290 g/mol. The van der Waals surface area contributed by atoms with E-state index in [0.29, 0.717) is 32.8 Å². The van der Waals surface area contributed by atoms with Crippen molar-refractivity contribution < 1.29 is 24.2 Å². The van der Waals surface area contributed by atoms with E-state index in [1.165, 1.54) is 0 Å². The minimum atomic E-state index is -0.858. The largest absolute Gasteiger partial charge is 0.481 e. The summed E-state index contributed by atoms with van der Waals surface area (Å²) in [5.74, 6) is -0.956. The van der Waals surface area contributed by atoms with Gasteiger partial charge in [-0.25, -0.2) is 4.79 Å². The number of rotatable bonds is 11. The summed E-state index contributed by atoms with van der Waals surface area (Å²) in [5.41, 5.74) is 0. The van der Waals surface area contributed by atoms with Gasteiger partial charge in [-0.1, -0.05) is 6.92 Å². The summed E-state index contributed by atoms with van der Waals surface area (Å²) in [5, 5.41) is 11.4. The Labute approximate surface area is 120 Å². The smallest absolute Gasteiger partial charge is 0.317 e. The summed E-state index contributed by atoms with van der Waals surface area (Å²) in [7, 11) is 3.20. The Balaban J connectivity index is 4.13. The summed E-state index contributed by atoms with van der Waals surface area (Å²) in [6.45, 7) is 4.27. The lowest BCUT2D eigenvalue weighted by Gasteiger charge is -2.23. The Morgan fingerprint density at radius 3 is 2.40 bits per heavy atom. The zero-order valence-electron chi connectivity index (χ0n) is 12.6. The van der Waals surface area contributed by atoms with E-state index in [1.54, 1.807) is 26.0 Å². The third kappa shape index (κ3) is 9.57. The monoisotopic (exact) mass is 290 g/mol. The molecule has 0 aromatic carbocycles. The number of carbonyl (C=O) groups excluding carboxylic acids is 1. The Morgan fingerprint density at radius 1 is 1.20 bits per heavy atom. The van der Waals surface area contributed by atoms with E-state index < -0.39 is 5.97 Å². The van der Waals surface area contributed by atoms with Crippen LogP contribution in [0, 0.1) is 5.92 Å². The van der Waals surface area contributed by atoms with Gasteiger partial charge in [0.2, 0.25) is 0 Å². The second-order valence-corrected chi connectivity index (χ2v) is 4.72. The maximum Gasteiger partial charge on any atom is 0.317 e. The second kappa shape index (κ2) is 11.5. The topological polar surface area (TPSA) is 88.1 Å². The molecule has 20 heavy (non-hydrogen) atoms. The molecule has 0 aliphatic rings. The van der Waals surface area contributed by atoms with E-state index in [9.17, 15) is 9.59 Å². The summed E-state index contributed by atoms with van der Waals surface area (Å²) in [6.07, 6.45) is 0.792. The van der Waals surface area contributed by atoms with Crippen LogP contribution >= 0.6 is 0 Å². The van der Waals surface area contributed by atoms with Crippen molar-refractivity contribution in [3.05, 3.63) is 0 Å². The quantitative estimate of drug-likeness (QED) is 0.549. The van der Waals surface area contributed by atoms with Crippen LogP contribution in [0.1, 0.15) is 19.8 Å². The fourth-order valence-electron chi connectivity index (χ4n) is 1.66. The second-order valence-electron chi connectivity index (χ2n) is 4.72. The van der Waals surface area contributed by atoms with Gasteiger partial charge in [0.05, 0.1) is 6.61 Å². The number of aliphatic carboxylic acids is 1. The van der Waals surface area contributed by atoms with Crippen LogP contribution in [0.5, 0.6) is 0 Å². The van der Waals surface area contributed by atoms with Gasteiger partial charge >= 0.3 is 12.0 Å². The van der Waals surface area contributed by atoms with Gasteiger partial charge in [-0.3, -0.25) is 4.79 Å². The predicted octanol–water partition coefficient (Wildman–Crippen LogP) is 0.792. The Morgan fingerprint density at radius 2 is 1.85 bits per heavy atom. The molecule has 118 valence electrons. The standard InChI is InChI=1S/C13H26N2O5/c1-11(9-12(16)17)10-14-13(18)15(6-8-20-3)5-4-7-19-2/h11H,4-10H2,1-3H3,(H,14,18)(H,16,17). The first kappa shape index (κ1) is 18.7. The molecule has 7 heteroatoms. The minimum absolute atomic E-state index is 0.0437. The van der Waals surface area contributed by atoms with E-state index >= 15 is 0 Å². The van der Waals surface area contributed by atoms with Gasteiger partial charge in [-0.05, 0) is 12.3 Å². The maximum atomic E-state index is 12.0. The Bertz CT molecular complexity index is 286. The van der Waals surface area contributed by atoms with Crippen LogP contribution in [0.2, 0.25) is 0 Å². The summed E-state index contributed by atoms with van der Waals surface area (Å²) < 4.78 is 9.94. The number of urea groups is 1. The SMILES string of the molecule is COCCCN(CCOC)C(=O)NCC(C)CC(=O)O. The van der Waals surface area contributed by atoms with Crippen molar-refractivity contribution in [3.8, 4) is 0 Å². The molecule has 0 heterocycles. The highest BCUT2D eigenvalue weighted by Gasteiger charge is 2.14. The lowest BCUT2D eigenvalue weighted by atomic mass is 10.1. The van der Waals surface area contributed by atoms with Crippen molar-refractivity contribution in [2.75, 3.05) is 47.1 Å². The van der Waals surface area contributed by atoms with Crippen LogP contribution in [0.15, 0.2) is 0 Å². The number of carboxylic acid groups (broad SMARTS) is 1. The molecule has 1 atom stereocenters. The van der Waals surface area contributed by atoms with Crippen LogP contribution < -0.4 is 5.32 Å². The molecule has 7 nitrogen and oxygen atoms in total. The highest BCUT2D eigenvalue weighted by molar-refractivity contribution is 5.74. The normalized spacial score (nSPS) is 11.9. The van der Waals surface area contributed by atoms with Crippen molar-refractivity contribution in [1.29, 1.82) is 0 Å². The first-order chi connectivity index (χ1) is 9.51. The van der Waals surface area contributed by atoms with Crippen LogP contribution in [0.25, 0.3) is 0 Å². The molecule has 2 N–H and O–H groups in total. The summed E-state index contributed by atoms with van der Waals surface area (Å²) >= 11 is 0. The first-order valence-corrected chi connectivity index (χ1v) is 6.73. The van der Waals surface area contributed by atoms with Gasteiger partial charge in [0.1, 0.15) is 0 Å². The van der Waals surface area contributed by atoms with Gasteiger partial charge in [0.15, 0.2) is 0 Å². The number of hydrogen-bond donors (Lipinski definition) is 2. The average Bonchev–Trinajstić information content (AvgIpc) is 2.39. The first-order valence-electron chi connectivity index (χ1n) is 6.73. The Kier molecular flexibility index (Phi) is 10.7. The lowest BCUT2D eigenvalue weighted by Crippen LogP contribution is -2.44. The molecule has 0 spiro atoms. The van der Waals surface area contributed by atoms with Crippen molar-refractivity contribution >= 4 is 12.0 Å². The van der Waals surface area contributed by atoms with Crippen molar-refractivity contribution in [1.82, 2.24) is 10.2 Å². The zero-order chi connectivity index (χ0) is 15.4. The minimum Gasteiger partial charge on any atom is -0.481 e. The summed E-state index contributed by atoms with van der Waals surface area (Å²) in [4.78, 5) is 24.2. The molecular formula is C13H26N2O5. The number of nitrogens with one attached hydrogen (secondary N) is 1. The number of carbonyl (C=O) groups is 2. The molecule has 0 saturated heterocycles. The van der Waals surface area contributed by atoms with Crippen LogP contribution in [-0.2, 0) is 14.3 Å². The molecule has 1 unspecified atom stereocenters. The van der Waals surface area contributed by atoms with Gasteiger partial charge < -0.3 is 24.8 Å². The van der Waals surface area contributed by atoms with Crippen molar-refractivity contribution in [2.45, 2.75) is 19.8 Å². The fraction of sp³-hybridized carbons (Fsp3) is 0.846. The summed E-state index contributed by atoms with van der Waals surface area (Å²) in [6, 6.07) is -0.199. The van der Waals surface area contributed by atoms with Crippen LogP contribution in [0.4, 0.5) is 4.79 Å².